The van der Waals surface area contributed by atoms with Gasteiger partial charge in [-0.1, -0.05) is 0 Å². The quantitative estimate of drug-likeness (QED) is 0.583. The summed E-state index contributed by atoms with van der Waals surface area (Å²) in [5.74, 6) is 0.565. The van der Waals surface area contributed by atoms with Crippen LogP contribution in [0.1, 0.15) is 40.2 Å². The van der Waals surface area contributed by atoms with E-state index in [-0.39, 0.29) is 23.9 Å². The lowest BCUT2D eigenvalue weighted by molar-refractivity contribution is -0.142. The Hall–Kier alpha value is -3.07. The fraction of sp³-hybridized carbons (Fsp3) is 0.417. The van der Waals surface area contributed by atoms with Gasteiger partial charge in [0.25, 0.3) is 5.91 Å². The Kier molecular flexibility index (Phi) is 5.31. The van der Waals surface area contributed by atoms with E-state index in [2.05, 4.69) is 17.0 Å². The Balaban J connectivity index is 1.47. The average Bonchev–Trinajstić information content (AvgIpc) is 3.43. The summed E-state index contributed by atoms with van der Waals surface area (Å²) in [6, 6.07) is 8.47. The zero-order chi connectivity index (χ0) is 23.3. The van der Waals surface area contributed by atoms with Gasteiger partial charge >= 0.3 is 6.18 Å². The molecule has 2 aliphatic rings. The van der Waals surface area contributed by atoms with Crippen LogP contribution in [-0.2, 0) is 19.0 Å². The molecule has 1 aromatic carbocycles. The van der Waals surface area contributed by atoms with Gasteiger partial charge in [-0.2, -0.15) is 18.3 Å². The lowest BCUT2D eigenvalue weighted by Gasteiger charge is -2.35. The molecule has 1 aliphatic heterocycles. The summed E-state index contributed by atoms with van der Waals surface area (Å²) in [5.41, 5.74) is 1.31. The summed E-state index contributed by atoms with van der Waals surface area (Å²) in [4.78, 5) is 17.0. The van der Waals surface area contributed by atoms with Crippen molar-refractivity contribution in [1.29, 1.82) is 0 Å². The Morgan fingerprint density at radius 1 is 1.12 bits per heavy atom. The highest BCUT2D eigenvalue weighted by molar-refractivity contribution is 5.94. The monoisotopic (exact) mass is 458 g/mol. The minimum atomic E-state index is -4.55. The fourth-order valence-corrected chi connectivity index (χ4v) is 4.86. The summed E-state index contributed by atoms with van der Waals surface area (Å²) in [6.07, 6.45) is -0.606. The molecule has 0 atom stereocenters. The number of aromatic nitrogens is 2. The van der Waals surface area contributed by atoms with Crippen LogP contribution < -0.4 is 0 Å². The normalized spacial score (nSPS) is 17.0. The third-order valence-corrected chi connectivity index (χ3v) is 6.77. The van der Waals surface area contributed by atoms with Crippen molar-refractivity contribution in [3.05, 3.63) is 59.2 Å². The van der Waals surface area contributed by atoms with Crippen LogP contribution in [0.3, 0.4) is 0 Å². The van der Waals surface area contributed by atoms with Gasteiger partial charge in [-0.3, -0.25) is 4.79 Å². The van der Waals surface area contributed by atoms with Crippen molar-refractivity contribution in [2.24, 2.45) is 0 Å². The molecule has 2 aromatic heterocycles. The highest BCUT2D eigenvalue weighted by Gasteiger charge is 2.41. The summed E-state index contributed by atoms with van der Waals surface area (Å²) in [5, 5.41) is 3.95. The number of likely N-dealkylation sites (tertiary alicyclic amines) is 1. The first-order valence-electron chi connectivity index (χ1n) is 11.1. The van der Waals surface area contributed by atoms with E-state index in [4.69, 9.17) is 4.42 Å². The Morgan fingerprint density at radius 2 is 1.82 bits per heavy atom. The van der Waals surface area contributed by atoms with Gasteiger partial charge < -0.3 is 14.2 Å². The van der Waals surface area contributed by atoms with Crippen molar-refractivity contribution in [3.63, 3.8) is 0 Å². The number of hydrogen-bond donors (Lipinski definition) is 0. The van der Waals surface area contributed by atoms with Crippen LogP contribution in [0, 0.1) is 0 Å². The highest BCUT2D eigenvalue weighted by Crippen LogP contribution is 2.42. The van der Waals surface area contributed by atoms with E-state index in [1.165, 1.54) is 10.9 Å². The van der Waals surface area contributed by atoms with E-state index in [1.54, 1.807) is 35.2 Å². The number of halogens is 3. The van der Waals surface area contributed by atoms with Crippen LogP contribution in [0.4, 0.5) is 13.2 Å². The second-order valence-corrected chi connectivity index (χ2v) is 8.84. The summed E-state index contributed by atoms with van der Waals surface area (Å²) < 4.78 is 47.9. The molecular formula is C24H25F3N4O2. The van der Waals surface area contributed by atoms with Crippen molar-refractivity contribution in [2.75, 3.05) is 27.2 Å². The van der Waals surface area contributed by atoms with Crippen LogP contribution in [0.5, 0.6) is 0 Å². The molecule has 3 aromatic rings. The predicted molar refractivity (Wildman–Crippen MR) is 116 cm³/mol. The third-order valence-electron chi connectivity index (χ3n) is 6.77. The molecule has 174 valence electrons. The van der Waals surface area contributed by atoms with Crippen LogP contribution in [0.15, 0.2) is 41.0 Å². The fourth-order valence-electron chi connectivity index (χ4n) is 4.86. The molecule has 0 bridgehead atoms. The van der Waals surface area contributed by atoms with Crippen LogP contribution >= 0.6 is 0 Å². The van der Waals surface area contributed by atoms with Gasteiger partial charge in [-0.25, -0.2) is 4.68 Å². The van der Waals surface area contributed by atoms with Gasteiger partial charge in [0.2, 0.25) is 0 Å². The Labute approximate surface area is 189 Å². The molecule has 1 fully saturated rings. The van der Waals surface area contributed by atoms with E-state index in [0.29, 0.717) is 34.7 Å². The van der Waals surface area contributed by atoms with Crippen LogP contribution in [0.25, 0.3) is 16.9 Å². The van der Waals surface area contributed by atoms with Gasteiger partial charge in [-0.05, 0) is 69.7 Å². The Morgan fingerprint density at radius 3 is 2.48 bits per heavy atom. The number of benzene rings is 1. The lowest BCUT2D eigenvalue weighted by atomic mass is 9.94. The van der Waals surface area contributed by atoms with Crippen molar-refractivity contribution >= 4 is 5.91 Å². The molecule has 5 rings (SSSR count). The molecule has 1 saturated heterocycles. The number of aryl methyl sites for hydroxylation is 1. The molecule has 33 heavy (non-hydrogen) atoms. The number of carbonyl (C=O) groups excluding carboxylic acids is 1. The topological polar surface area (TPSA) is 54.5 Å². The van der Waals surface area contributed by atoms with Gasteiger partial charge in [0.15, 0.2) is 5.69 Å². The maximum atomic E-state index is 13.7. The van der Waals surface area contributed by atoms with Gasteiger partial charge in [-0.15, -0.1) is 0 Å². The van der Waals surface area contributed by atoms with E-state index in [0.717, 1.165) is 25.9 Å². The van der Waals surface area contributed by atoms with Crippen molar-refractivity contribution in [2.45, 2.75) is 37.9 Å². The maximum absolute atomic E-state index is 13.7. The smallest absolute Gasteiger partial charge is 0.435 e. The summed E-state index contributed by atoms with van der Waals surface area (Å²) in [7, 11) is 3.88. The summed E-state index contributed by atoms with van der Waals surface area (Å²) >= 11 is 0. The third kappa shape index (κ3) is 3.84. The van der Waals surface area contributed by atoms with Crippen molar-refractivity contribution in [1.82, 2.24) is 19.6 Å². The number of nitrogens with zero attached hydrogens (tertiary/aromatic N) is 4. The zero-order valence-electron chi connectivity index (χ0n) is 18.5. The number of piperidine rings is 1. The molecule has 6 nitrogen and oxygen atoms in total. The highest BCUT2D eigenvalue weighted by atomic mass is 19.4. The molecule has 3 heterocycles. The molecule has 0 unspecified atom stereocenters. The predicted octanol–water partition coefficient (Wildman–Crippen LogP) is 4.42. The molecule has 9 heteroatoms. The SMILES string of the molecule is CN1CCC(N(C)C(=O)c2ccc(-n3nc(C(F)(F)F)c4c3-c3ccoc3CC4)cc2)CC1. The first-order valence-corrected chi connectivity index (χ1v) is 11.1. The van der Waals surface area contributed by atoms with E-state index >= 15 is 0 Å². The molecule has 1 amide bonds. The zero-order valence-corrected chi connectivity index (χ0v) is 18.5. The minimum Gasteiger partial charge on any atom is -0.469 e. The number of rotatable bonds is 3. The molecular weight excluding hydrogens is 433 g/mol. The maximum Gasteiger partial charge on any atom is 0.435 e. The van der Waals surface area contributed by atoms with Crippen LogP contribution in [0.2, 0.25) is 0 Å². The molecule has 0 saturated carbocycles. The molecule has 0 radical (unpaired) electrons. The van der Waals surface area contributed by atoms with E-state index in [1.807, 2.05) is 7.05 Å². The van der Waals surface area contributed by atoms with E-state index in [9.17, 15) is 18.0 Å². The first kappa shape index (κ1) is 21.8. The second-order valence-electron chi connectivity index (χ2n) is 8.84. The minimum absolute atomic E-state index is 0.0910. The first-order chi connectivity index (χ1) is 15.7. The van der Waals surface area contributed by atoms with Crippen LogP contribution in [-0.4, -0.2) is 58.7 Å². The van der Waals surface area contributed by atoms with Crippen molar-refractivity contribution < 1.29 is 22.4 Å². The lowest BCUT2D eigenvalue weighted by Crippen LogP contribution is -2.44. The second kappa shape index (κ2) is 8.06. The number of alkyl halides is 3. The number of furan rings is 1. The summed E-state index contributed by atoms with van der Waals surface area (Å²) in [6.45, 7) is 1.90. The average molecular weight is 458 g/mol. The largest absolute Gasteiger partial charge is 0.469 e. The Bertz CT molecular complexity index is 1170. The number of hydrogen-bond acceptors (Lipinski definition) is 4. The molecule has 0 spiro atoms. The number of carbonyl (C=O) groups is 1. The molecule has 1 aliphatic carbocycles. The molecule has 0 N–H and O–H groups in total. The van der Waals surface area contributed by atoms with Gasteiger partial charge in [0.05, 0.1) is 17.6 Å². The van der Waals surface area contributed by atoms with E-state index < -0.39 is 11.9 Å². The number of amides is 1. The van der Waals surface area contributed by atoms with Gasteiger partial charge in [0.1, 0.15) is 5.76 Å². The van der Waals surface area contributed by atoms with Crippen molar-refractivity contribution in [3.8, 4) is 16.9 Å². The van der Waals surface area contributed by atoms with Gasteiger partial charge in [0, 0.05) is 36.2 Å². The number of fused-ring (bicyclic) bond motifs is 3. The standard InChI is InChI=1S/C24H25F3N4O2/c1-29-12-9-16(10-13-29)30(2)23(32)15-3-5-17(6-4-15)31-21-18-11-14-33-20(18)8-7-19(21)22(28-31)24(25,26)27/h3-6,11,14,16H,7-10,12-13H2,1-2H3.